The van der Waals surface area contributed by atoms with E-state index in [1.807, 2.05) is 13.0 Å². The van der Waals surface area contributed by atoms with Crippen LogP contribution in [0.3, 0.4) is 0 Å². The van der Waals surface area contributed by atoms with Gasteiger partial charge in [0.25, 0.3) is 0 Å². The minimum Gasteiger partial charge on any atom is -0.367 e. The van der Waals surface area contributed by atoms with Crippen molar-refractivity contribution in [3.05, 3.63) is 29.3 Å². The zero-order valence-electron chi connectivity index (χ0n) is 11.0. The molecule has 2 fully saturated rings. The lowest BCUT2D eigenvalue weighted by Gasteiger charge is -2.27. The SMILES string of the molecule is Cc1ccc(N2CC3CNCC3C2C)c(C#N)c1. The summed E-state index contributed by atoms with van der Waals surface area (Å²) in [6.45, 7) is 7.65. The van der Waals surface area contributed by atoms with Crippen LogP contribution in [0.1, 0.15) is 18.1 Å². The second-order valence-corrected chi connectivity index (χ2v) is 5.61. The molecule has 1 aromatic rings. The van der Waals surface area contributed by atoms with Crippen LogP contribution >= 0.6 is 0 Å². The third-order valence-corrected chi connectivity index (χ3v) is 4.52. The molecule has 2 aliphatic rings. The van der Waals surface area contributed by atoms with E-state index in [0.29, 0.717) is 6.04 Å². The Morgan fingerprint density at radius 2 is 2.22 bits per heavy atom. The van der Waals surface area contributed by atoms with E-state index in [2.05, 4.69) is 35.3 Å². The Labute approximate surface area is 108 Å². The zero-order valence-corrected chi connectivity index (χ0v) is 11.0. The summed E-state index contributed by atoms with van der Waals surface area (Å²) in [6.07, 6.45) is 0. The fraction of sp³-hybridized carbons (Fsp3) is 0.533. The number of rotatable bonds is 1. The van der Waals surface area contributed by atoms with Crippen molar-refractivity contribution in [1.82, 2.24) is 5.32 Å². The molecule has 0 radical (unpaired) electrons. The van der Waals surface area contributed by atoms with E-state index in [4.69, 9.17) is 0 Å². The molecule has 2 heterocycles. The maximum absolute atomic E-state index is 9.30. The molecule has 0 aliphatic carbocycles. The van der Waals surface area contributed by atoms with Crippen molar-refractivity contribution in [1.29, 1.82) is 5.26 Å². The van der Waals surface area contributed by atoms with Crippen molar-refractivity contribution in [3.8, 4) is 6.07 Å². The monoisotopic (exact) mass is 241 g/mol. The highest BCUT2D eigenvalue weighted by atomic mass is 15.2. The van der Waals surface area contributed by atoms with E-state index in [9.17, 15) is 5.26 Å². The van der Waals surface area contributed by atoms with E-state index < -0.39 is 0 Å². The Morgan fingerprint density at radius 1 is 1.39 bits per heavy atom. The normalized spacial score (nSPS) is 30.3. The average Bonchev–Trinajstić information content (AvgIpc) is 2.93. The Morgan fingerprint density at radius 3 is 2.94 bits per heavy atom. The number of anilines is 1. The van der Waals surface area contributed by atoms with Crippen molar-refractivity contribution in [3.63, 3.8) is 0 Å². The highest BCUT2D eigenvalue weighted by molar-refractivity contribution is 5.61. The van der Waals surface area contributed by atoms with Crippen LogP contribution in [0.2, 0.25) is 0 Å². The molecule has 18 heavy (non-hydrogen) atoms. The van der Waals surface area contributed by atoms with Gasteiger partial charge >= 0.3 is 0 Å². The topological polar surface area (TPSA) is 39.1 Å². The maximum atomic E-state index is 9.30. The molecule has 2 aliphatic heterocycles. The van der Waals surface area contributed by atoms with Gasteiger partial charge in [-0.25, -0.2) is 0 Å². The molecule has 2 saturated heterocycles. The molecule has 3 unspecified atom stereocenters. The predicted molar refractivity (Wildman–Crippen MR) is 72.6 cm³/mol. The molecule has 0 spiro atoms. The van der Waals surface area contributed by atoms with Crippen LogP contribution in [0, 0.1) is 30.1 Å². The summed E-state index contributed by atoms with van der Waals surface area (Å²) >= 11 is 0. The average molecular weight is 241 g/mol. The van der Waals surface area contributed by atoms with Crippen LogP contribution in [-0.4, -0.2) is 25.7 Å². The Kier molecular flexibility index (Phi) is 2.76. The van der Waals surface area contributed by atoms with Crippen LogP contribution in [0.5, 0.6) is 0 Å². The van der Waals surface area contributed by atoms with E-state index >= 15 is 0 Å². The minimum absolute atomic E-state index is 0.528. The van der Waals surface area contributed by atoms with E-state index in [1.165, 1.54) is 0 Å². The molecule has 0 bridgehead atoms. The van der Waals surface area contributed by atoms with Gasteiger partial charge in [0.1, 0.15) is 6.07 Å². The van der Waals surface area contributed by atoms with Gasteiger partial charge in [0.05, 0.1) is 11.3 Å². The number of nitrogens with one attached hydrogen (secondary N) is 1. The van der Waals surface area contributed by atoms with E-state index in [0.717, 1.165) is 48.3 Å². The highest BCUT2D eigenvalue weighted by Gasteiger charge is 2.42. The van der Waals surface area contributed by atoms with Gasteiger partial charge in [0.2, 0.25) is 0 Å². The minimum atomic E-state index is 0.528. The van der Waals surface area contributed by atoms with Crippen LogP contribution in [0.4, 0.5) is 5.69 Å². The van der Waals surface area contributed by atoms with Gasteiger partial charge in [-0.3, -0.25) is 0 Å². The Bertz CT molecular complexity index is 503. The largest absolute Gasteiger partial charge is 0.367 e. The van der Waals surface area contributed by atoms with Gasteiger partial charge in [0.15, 0.2) is 0 Å². The molecule has 1 N–H and O–H groups in total. The van der Waals surface area contributed by atoms with Crippen LogP contribution in [0.25, 0.3) is 0 Å². The second-order valence-electron chi connectivity index (χ2n) is 5.61. The van der Waals surface area contributed by atoms with Crippen LogP contribution in [-0.2, 0) is 0 Å². The number of nitrogens with zero attached hydrogens (tertiary/aromatic N) is 2. The van der Waals surface area contributed by atoms with Gasteiger partial charge in [-0.2, -0.15) is 5.26 Å². The molecule has 0 amide bonds. The first-order chi connectivity index (χ1) is 8.70. The zero-order chi connectivity index (χ0) is 12.7. The molecule has 0 saturated carbocycles. The smallest absolute Gasteiger partial charge is 0.101 e. The summed E-state index contributed by atoms with van der Waals surface area (Å²) in [7, 11) is 0. The first-order valence-corrected chi connectivity index (χ1v) is 6.69. The molecular weight excluding hydrogens is 222 g/mol. The summed E-state index contributed by atoms with van der Waals surface area (Å²) in [4.78, 5) is 2.42. The number of fused-ring (bicyclic) bond motifs is 1. The Hall–Kier alpha value is -1.53. The third kappa shape index (κ3) is 1.69. The number of nitriles is 1. The van der Waals surface area contributed by atoms with Gasteiger partial charge in [-0.05, 0) is 43.4 Å². The molecule has 3 nitrogen and oxygen atoms in total. The lowest BCUT2D eigenvalue weighted by atomic mass is 9.95. The van der Waals surface area contributed by atoms with Crippen LogP contribution in [0.15, 0.2) is 18.2 Å². The lowest BCUT2D eigenvalue weighted by molar-refractivity contribution is 0.471. The molecule has 94 valence electrons. The standard InChI is InChI=1S/C15H19N3/c1-10-3-4-15(12(5-10)6-16)18-9-13-7-17-8-14(13)11(18)2/h3-5,11,13-14,17H,7-9H2,1-2H3. The van der Waals surface area contributed by atoms with E-state index in [-0.39, 0.29) is 0 Å². The van der Waals surface area contributed by atoms with Crippen molar-refractivity contribution >= 4 is 5.69 Å². The number of aryl methyl sites for hydroxylation is 1. The van der Waals surface area contributed by atoms with Crippen LogP contribution < -0.4 is 10.2 Å². The summed E-state index contributed by atoms with van der Waals surface area (Å²) in [5, 5.41) is 12.8. The molecule has 0 aromatic heterocycles. The summed E-state index contributed by atoms with van der Waals surface area (Å²) in [5.74, 6) is 1.48. The number of hydrogen-bond acceptors (Lipinski definition) is 3. The van der Waals surface area contributed by atoms with Gasteiger partial charge < -0.3 is 10.2 Å². The Balaban J connectivity index is 1.94. The summed E-state index contributed by atoms with van der Waals surface area (Å²) in [6, 6.07) is 9.08. The third-order valence-electron chi connectivity index (χ3n) is 4.52. The molecule has 3 heteroatoms. The van der Waals surface area contributed by atoms with Gasteiger partial charge in [0, 0.05) is 25.7 Å². The maximum Gasteiger partial charge on any atom is 0.101 e. The van der Waals surface area contributed by atoms with Gasteiger partial charge in [-0.15, -0.1) is 0 Å². The lowest BCUT2D eigenvalue weighted by Crippen LogP contribution is -2.33. The van der Waals surface area contributed by atoms with Crippen molar-refractivity contribution in [2.75, 3.05) is 24.5 Å². The number of hydrogen-bond donors (Lipinski definition) is 1. The summed E-state index contributed by atoms with van der Waals surface area (Å²) < 4.78 is 0. The molecule has 3 atom stereocenters. The second kappa shape index (κ2) is 4.29. The van der Waals surface area contributed by atoms with E-state index in [1.54, 1.807) is 0 Å². The first-order valence-electron chi connectivity index (χ1n) is 6.69. The fourth-order valence-corrected chi connectivity index (χ4v) is 3.48. The van der Waals surface area contributed by atoms with Crippen molar-refractivity contribution in [2.45, 2.75) is 19.9 Å². The fourth-order valence-electron chi connectivity index (χ4n) is 3.48. The summed E-state index contributed by atoms with van der Waals surface area (Å²) in [5.41, 5.74) is 3.09. The van der Waals surface area contributed by atoms with Gasteiger partial charge in [-0.1, -0.05) is 6.07 Å². The molecule has 1 aromatic carbocycles. The first kappa shape index (κ1) is 11.6. The van der Waals surface area contributed by atoms with Crippen molar-refractivity contribution in [2.24, 2.45) is 11.8 Å². The predicted octanol–water partition coefficient (Wildman–Crippen LogP) is 1.91. The number of benzene rings is 1. The quantitative estimate of drug-likeness (QED) is 0.816. The molecular formula is C15H19N3. The van der Waals surface area contributed by atoms with Crippen molar-refractivity contribution < 1.29 is 0 Å². The molecule has 3 rings (SSSR count). The highest BCUT2D eigenvalue weighted by Crippen LogP contribution is 2.37.